The van der Waals surface area contributed by atoms with Crippen LogP contribution in [0.1, 0.15) is 34.5 Å². The van der Waals surface area contributed by atoms with Crippen molar-refractivity contribution in [2.45, 2.75) is 32.6 Å². The van der Waals surface area contributed by atoms with Crippen molar-refractivity contribution < 1.29 is 4.98 Å². The molecule has 19 heavy (non-hydrogen) atoms. The maximum absolute atomic E-state index is 9.42. The second-order valence-corrected chi connectivity index (χ2v) is 6.26. The summed E-state index contributed by atoms with van der Waals surface area (Å²) in [6, 6.07) is 6.47. The van der Waals surface area contributed by atoms with Crippen LogP contribution < -0.4 is 10.7 Å². The first-order valence-corrected chi connectivity index (χ1v) is 7.35. The number of hydrogen-bond donors (Lipinski definition) is 1. The third kappa shape index (κ3) is 2.00. The van der Waals surface area contributed by atoms with Gasteiger partial charge in [-0.05, 0) is 38.3 Å². The zero-order valence-electron chi connectivity index (χ0n) is 10.9. The lowest BCUT2D eigenvalue weighted by molar-refractivity contribution is -0.374. The van der Waals surface area contributed by atoms with E-state index in [0.29, 0.717) is 11.4 Å². The third-order valence-electron chi connectivity index (χ3n) is 3.67. The molecular weight excluding hydrogens is 254 g/mol. The highest BCUT2D eigenvalue weighted by Crippen LogP contribution is 2.37. The largest absolute Gasteiger partial charge is 0.289 e. The van der Waals surface area contributed by atoms with Gasteiger partial charge < -0.3 is 0 Å². The zero-order chi connectivity index (χ0) is 13.4. The molecule has 4 heteroatoms. The molecule has 0 amide bonds. The fourth-order valence-corrected chi connectivity index (χ4v) is 3.73. The number of nitriles is 1. The molecule has 0 saturated carbocycles. The number of hydrogen-bond acceptors (Lipinski definition) is 3. The van der Waals surface area contributed by atoms with Gasteiger partial charge in [-0.15, -0.1) is 11.3 Å². The summed E-state index contributed by atoms with van der Waals surface area (Å²) in [4.78, 5) is 5.64. The molecule has 0 aliphatic heterocycles. The number of nitrogens with two attached hydrogens (primary N) is 1. The SMILES string of the molecule is Cc1ccc(-c2c(C#N)c(N)[nH+]c3c2CCCC3)s1. The Morgan fingerprint density at radius 2 is 2.11 bits per heavy atom. The Kier molecular flexibility index (Phi) is 3.00. The van der Waals surface area contributed by atoms with Crippen molar-refractivity contribution in [3.05, 3.63) is 33.8 Å². The predicted octanol–water partition coefficient (Wildman–Crippen LogP) is 2.87. The molecule has 0 fully saturated rings. The lowest BCUT2D eigenvalue weighted by Gasteiger charge is -2.17. The maximum Gasteiger partial charge on any atom is 0.289 e. The molecule has 2 aromatic rings. The number of rotatable bonds is 1. The lowest BCUT2D eigenvalue weighted by atomic mass is 9.89. The van der Waals surface area contributed by atoms with Gasteiger partial charge in [0.25, 0.3) is 5.82 Å². The lowest BCUT2D eigenvalue weighted by Crippen LogP contribution is -2.24. The van der Waals surface area contributed by atoms with Crippen molar-refractivity contribution in [3.8, 4) is 16.5 Å². The molecule has 0 atom stereocenters. The van der Waals surface area contributed by atoms with Gasteiger partial charge in [-0.25, -0.2) is 4.98 Å². The van der Waals surface area contributed by atoms with Crippen LogP contribution in [0.3, 0.4) is 0 Å². The molecule has 3 N–H and O–H groups in total. The molecule has 0 spiro atoms. The van der Waals surface area contributed by atoms with Crippen LogP contribution in [0.4, 0.5) is 5.82 Å². The molecule has 1 aliphatic carbocycles. The van der Waals surface area contributed by atoms with E-state index in [2.05, 4.69) is 30.1 Å². The smallest absolute Gasteiger partial charge is 0.286 e. The van der Waals surface area contributed by atoms with E-state index < -0.39 is 0 Å². The molecule has 1 aliphatic rings. The van der Waals surface area contributed by atoms with Gasteiger partial charge in [0.05, 0.1) is 0 Å². The summed E-state index contributed by atoms with van der Waals surface area (Å²) in [6.07, 6.45) is 4.44. The van der Waals surface area contributed by atoms with Crippen molar-refractivity contribution in [1.82, 2.24) is 0 Å². The van der Waals surface area contributed by atoms with Crippen molar-refractivity contribution in [2.24, 2.45) is 0 Å². The first-order valence-electron chi connectivity index (χ1n) is 6.54. The normalized spacial score (nSPS) is 13.9. The average Bonchev–Trinajstić information content (AvgIpc) is 2.83. The van der Waals surface area contributed by atoms with Gasteiger partial charge in [0.15, 0.2) is 0 Å². The van der Waals surface area contributed by atoms with Crippen LogP contribution in [0.5, 0.6) is 0 Å². The topological polar surface area (TPSA) is 64.0 Å². The second-order valence-electron chi connectivity index (χ2n) is 4.97. The monoisotopic (exact) mass is 270 g/mol. The second kappa shape index (κ2) is 4.67. The maximum atomic E-state index is 9.42. The summed E-state index contributed by atoms with van der Waals surface area (Å²) < 4.78 is 0. The van der Waals surface area contributed by atoms with Crippen LogP contribution in [0.2, 0.25) is 0 Å². The minimum atomic E-state index is 0.504. The number of aromatic amines is 1. The van der Waals surface area contributed by atoms with Gasteiger partial charge in [0.1, 0.15) is 17.3 Å². The number of nitrogen functional groups attached to an aromatic ring is 1. The fraction of sp³-hybridized carbons (Fsp3) is 0.333. The van der Waals surface area contributed by atoms with E-state index in [-0.39, 0.29) is 0 Å². The van der Waals surface area contributed by atoms with Gasteiger partial charge in [-0.3, -0.25) is 5.73 Å². The fourth-order valence-electron chi connectivity index (χ4n) is 2.79. The first kappa shape index (κ1) is 12.2. The number of H-pyrrole nitrogens is 1. The van der Waals surface area contributed by atoms with Crippen molar-refractivity contribution in [2.75, 3.05) is 5.73 Å². The summed E-state index contributed by atoms with van der Waals surface area (Å²) in [5, 5.41) is 9.42. The van der Waals surface area contributed by atoms with E-state index in [1.54, 1.807) is 11.3 Å². The number of fused-ring (bicyclic) bond motifs is 1. The number of aromatic nitrogens is 1. The van der Waals surface area contributed by atoms with E-state index in [0.717, 1.165) is 23.3 Å². The molecule has 3 rings (SSSR count). The molecule has 0 unspecified atom stereocenters. The van der Waals surface area contributed by atoms with Crippen LogP contribution in [-0.2, 0) is 12.8 Å². The summed E-state index contributed by atoms with van der Waals surface area (Å²) in [5.74, 6) is 0.504. The van der Waals surface area contributed by atoms with E-state index in [1.807, 2.05) is 0 Å². The van der Waals surface area contributed by atoms with Crippen molar-refractivity contribution in [3.63, 3.8) is 0 Å². The average molecular weight is 270 g/mol. The third-order valence-corrected chi connectivity index (χ3v) is 4.69. The van der Waals surface area contributed by atoms with Gasteiger partial charge in [-0.2, -0.15) is 5.26 Å². The Hall–Kier alpha value is -1.86. The Balaban J connectivity index is 2.31. The van der Waals surface area contributed by atoms with E-state index in [4.69, 9.17) is 5.73 Å². The summed E-state index contributed by atoms with van der Waals surface area (Å²) in [7, 11) is 0. The number of aryl methyl sites for hydroxylation is 2. The molecule has 0 bridgehead atoms. The van der Waals surface area contributed by atoms with Crippen LogP contribution in [0.15, 0.2) is 12.1 Å². The molecule has 96 valence electrons. The Morgan fingerprint density at radius 1 is 1.32 bits per heavy atom. The first-order chi connectivity index (χ1) is 9.20. The van der Waals surface area contributed by atoms with Crippen LogP contribution >= 0.6 is 11.3 Å². The highest BCUT2D eigenvalue weighted by molar-refractivity contribution is 7.15. The summed E-state index contributed by atoms with van der Waals surface area (Å²) in [6.45, 7) is 2.09. The zero-order valence-corrected chi connectivity index (χ0v) is 11.7. The molecule has 0 saturated heterocycles. The molecule has 3 nitrogen and oxygen atoms in total. The minimum Gasteiger partial charge on any atom is -0.286 e. The van der Waals surface area contributed by atoms with Crippen molar-refractivity contribution in [1.29, 1.82) is 5.26 Å². The Morgan fingerprint density at radius 3 is 2.79 bits per heavy atom. The number of anilines is 1. The van der Waals surface area contributed by atoms with E-state index in [1.165, 1.54) is 29.0 Å². The van der Waals surface area contributed by atoms with E-state index >= 15 is 0 Å². The molecule has 0 aromatic carbocycles. The van der Waals surface area contributed by atoms with Crippen LogP contribution in [-0.4, -0.2) is 0 Å². The molecule has 2 aromatic heterocycles. The number of pyridine rings is 1. The Labute approximate surface area is 116 Å². The number of nitrogens with one attached hydrogen (secondary N) is 1. The van der Waals surface area contributed by atoms with E-state index in [9.17, 15) is 5.26 Å². The summed E-state index contributed by atoms with van der Waals surface area (Å²) in [5.41, 5.74) is 10.2. The Bertz CT molecular complexity index is 679. The molecule has 0 radical (unpaired) electrons. The number of nitrogens with zero attached hydrogens (tertiary/aromatic N) is 1. The number of thiophene rings is 1. The van der Waals surface area contributed by atoms with Gasteiger partial charge in [0.2, 0.25) is 0 Å². The molecule has 2 heterocycles. The highest BCUT2D eigenvalue weighted by atomic mass is 32.1. The van der Waals surface area contributed by atoms with Crippen LogP contribution in [0.25, 0.3) is 10.4 Å². The van der Waals surface area contributed by atoms with Gasteiger partial charge >= 0.3 is 0 Å². The quantitative estimate of drug-likeness (QED) is 0.866. The highest BCUT2D eigenvalue weighted by Gasteiger charge is 2.25. The molecular formula is C15H16N3S+. The van der Waals surface area contributed by atoms with Gasteiger partial charge in [0, 0.05) is 27.3 Å². The predicted molar refractivity (Wildman–Crippen MR) is 76.8 cm³/mol. The van der Waals surface area contributed by atoms with Crippen molar-refractivity contribution >= 4 is 17.2 Å². The summed E-state index contributed by atoms with van der Waals surface area (Å²) >= 11 is 1.73. The minimum absolute atomic E-state index is 0.504. The van der Waals surface area contributed by atoms with Crippen LogP contribution in [0, 0.1) is 18.3 Å². The van der Waals surface area contributed by atoms with Gasteiger partial charge in [-0.1, -0.05) is 0 Å². The standard InChI is InChI=1S/C15H15N3S/c1-9-6-7-13(19-9)14-10-4-2-3-5-12(10)18-15(17)11(14)8-16/h6-7H,2-5H2,1H3,(H2,17,18)/p+1.